The minimum atomic E-state index is 0.0209. The zero-order valence-corrected chi connectivity index (χ0v) is 13.7. The summed E-state index contributed by atoms with van der Waals surface area (Å²) in [5, 5.41) is 3.08. The van der Waals surface area contributed by atoms with Crippen LogP contribution >= 0.6 is 0 Å². The van der Waals surface area contributed by atoms with Crippen LogP contribution in [0.25, 0.3) is 11.1 Å². The molecule has 1 saturated heterocycles. The van der Waals surface area contributed by atoms with Crippen LogP contribution < -0.4 is 5.32 Å². The lowest BCUT2D eigenvalue weighted by atomic mass is 10.0. The fourth-order valence-corrected chi connectivity index (χ4v) is 3.30. The summed E-state index contributed by atoms with van der Waals surface area (Å²) in [7, 11) is 0. The number of hydrogen-bond acceptors (Lipinski definition) is 2. The number of nitrogens with zero attached hydrogens (tertiary/aromatic N) is 1. The summed E-state index contributed by atoms with van der Waals surface area (Å²) in [5.74, 6) is 0.0209. The van der Waals surface area contributed by atoms with Gasteiger partial charge in [-0.25, -0.2) is 0 Å². The molecule has 3 nitrogen and oxygen atoms in total. The van der Waals surface area contributed by atoms with Crippen LogP contribution in [-0.2, 0) is 0 Å². The lowest BCUT2D eigenvalue weighted by molar-refractivity contribution is 0.0941. The van der Waals surface area contributed by atoms with Gasteiger partial charge in [0.2, 0.25) is 0 Å². The van der Waals surface area contributed by atoms with Gasteiger partial charge in [0.05, 0.1) is 0 Å². The van der Waals surface area contributed by atoms with Crippen LogP contribution in [0, 0.1) is 0 Å². The van der Waals surface area contributed by atoms with Crippen molar-refractivity contribution in [3.63, 3.8) is 0 Å². The molecule has 3 rings (SSSR count). The molecule has 1 aliphatic rings. The molecule has 3 heteroatoms. The second-order valence-electron chi connectivity index (χ2n) is 6.08. The Morgan fingerprint density at radius 1 is 1.09 bits per heavy atom. The Kier molecular flexibility index (Phi) is 5.09. The molecule has 1 heterocycles. The number of likely N-dealkylation sites (N-methyl/N-ethyl adjacent to an activating group) is 1. The number of carbonyl (C=O) groups is 1. The summed E-state index contributed by atoms with van der Waals surface area (Å²) in [4.78, 5) is 14.8. The third kappa shape index (κ3) is 3.80. The molecule has 1 atom stereocenters. The van der Waals surface area contributed by atoms with E-state index in [1.807, 2.05) is 42.5 Å². The van der Waals surface area contributed by atoms with Crippen molar-refractivity contribution in [1.29, 1.82) is 0 Å². The lowest BCUT2D eigenvalue weighted by Crippen LogP contribution is -2.40. The molecule has 0 unspecified atom stereocenters. The van der Waals surface area contributed by atoms with Crippen molar-refractivity contribution >= 4 is 5.91 Å². The van der Waals surface area contributed by atoms with Crippen molar-refractivity contribution in [2.45, 2.75) is 25.8 Å². The Balaban J connectivity index is 1.60. The summed E-state index contributed by atoms with van der Waals surface area (Å²) in [5.41, 5.74) is 3.03. The van der Waals surface area contributed by atoms with E-state index in [-0.39, 0.29) is 5.91 Å². The fraction of sp³-hybridized carbons (Fsp3) is 0.350. The van der Waals surface area contributed by atoms with E-state index in [4.69, 9.17) is 0 Å². The van der Waals surface area contributed by atoms with E-state index in [1.54, 1.807) is 0 Å². The molecular weight excluding hydrogens is 284 g/mol. The molecule has 0 radical (unpaired) electrons. The summed E-state index contributed by atoms with van der Waals surface area (Å²) in [6.07, 6.45) is 2.42. The van der Waals surface area contributed by atoms with E-state index in [9.17, 15) is 4.79 Å². The van der Waals surface area contributed by atoms with E-state index in [2.05, 4.69) is 29.3 Å². The number of rotatable bonds is 5. The van der Waals surface area contributed by atoms with E-state index >= 15 is 0 Å². The lowest BCUT2D eigenvalue weighted by Gasteiger charge is -2.22. The monoisotopic (exact) mass is 308 g/mol. The van der Waals surface area contributed by atoms with Crippen LogP contribution in [-0.4, -0.2) is 36.5 Å². The van der Waals surface area contributed by atoms with Gasteiger partial charge in [-0.2, -0.15) is 0 Å². The summed E-state index contributed by atoms with van der Waals surface area (Å²) >= 11 is 0. The molecule has 0 aliphatic carbocycles. The Morgan fingerprint density at radius 2 is 1.78 bits per heavy atom. The third-order valence-corrected chi connectivity index (χ3v) is 4.66. The van der Waals surface area contributed by atoms with Crippen molar-refractivity contribution in [3.05, 3.63) is 60.2 Å². The van der Waals surface area contributed by atoms with Crippen molar-refractivity contribution in [3.8, 4) is 11.1 Å². The van der Waals surface area contributed by atoms with Gasteiger partial charge >= 0.3 is 0 Å². The molecule has 120 valence electrons. The van der Waals surface area contributed by atoms with Crippen molar-refractivity contribution < 1.29 is 4.79 Å². The first-order valence-electron chi connectivity index (χ1n) is 8.45. The van der Waals surface area contributed by atoms with Crippen molar-refractivity contribution in [2.75, 3.05) is 19.6 Å². The average molecular weight is 308 g/mol. The van der Waals surface area contributed by atoms with Crippen molar-refractivity contribution in [2.24, 2.45) is 0 Å². The second-order valence-corrected chi connectivity index (χ2v) is 6.08. The third-order valence-electron chi connectivity index (χ3n) is 4.66. The first-order chi connectivity index (χ1) is 11.3. The second kappa shape index (κ2) is 7.42. The summed E-state index contributed by atoms with van der Waals surface area (Å²) in [6.45, 7) is 5.14. The predicted octanol–water partition coefficient (Wildman–Crippen LogP) is 3.57. The van der Waals surface area contributed by atoms with Gasteiger partial charge in [0.15, 0.2) is 0 Å². The van der Waals surface area contributed by atoms with E-state index in [0.717, 1.165) is 30.8 Å². The average Bonchev–Trinajstić information content (AvgIpc) is 3.08. The van der Waals surface area contributed by atoms with Gasteiger partial charge in [0.25, 0.3) is 5.91 Å². The molecule has 1 amide bonds. The minimum absolute atomic E-state index is 0.0209. The van der Waals surface area contributed by atoms with E-state index in [0.29, 0.717) is 6.04 Å². The Bertz CT molecular complexity index is 636. The fourth-order valence-electron chi connectivity index (χ4n) is 3.30. The van der Waals surface area contributed by atoms with E-state index < -0.39 is 0 Å². The molecule has 2 aromatic carbocycles. The van der Waals surface area contributed by atoms with Gasteiger partial charge < -0.3 is 5.32 Å². The molecule has 23 heavy (non-hydrogen) atoms. The molecule has 0 bridgehead atoms. The van der Waals surface area contributed by atoms with Crippen LogP contribution in [0.15, 0.2) is 54.6 Å². The zero-order valence-electron chi connectivity index (χ0n) is 13.7. The first kappa shape index (κ1) is 15.8. The Morgan fingerprint density at radius 3 is 2.48 bits per heavy atom. The molecule has 0 aromatic heterocycles. The summed E-state index contributed by atoms with van der Waals surface area (Å²) in [6, 6.07) is 18.5. The van der Waals surface area contributed by atoms with Gasteiger partial charge in [-0.05, 0) is 49.2 Å². The highest BCUT2D eigenvalue weighted by atomic mass is 16.1. The standard InChI is InChI=1S/C20H24N2O/c1-2-22-14-6-9-19(22)15-21-20(23)18-12-10-17(11-13-18)16-7-4-3-5-8-16/h3-5,7-8,10-13,19H,2,6,9,14-15H2,1H3,(H,21,23)/t19-/m0/s1. The molecule has 1 fully saturated rings. The van der Waals surface area contributed by atoms with Crippen LogP contribution in [0.5, 0.6) is 0 Å². The maximum Gasteiger partial charge on any atom is 0.251 e. The number of hydrogen-bond donors (Lipinski definition) is 1. The predicted molar refractivity (Wildman–Crippen MR) is 94.5 cm³/mol. The summed E-state index contributed by atoms with van der Waals surface area (Å²) < 4.78 is 0. The number of nitrogens with one attached hydrogen (secondary N) is 1. The first-order valence-corrected chi connectivity index (χ1v) is 8.45. The largest absolute Gasteiger partial charge is 0.350 e. The minimum Gasteiger partial charge on any atom is -0.350 e. The van der Waals surface area contributed by atoms with Crippen LogP contribution in [0.3, 0.4) is 0 Å². The van der Waals surface area contributed by atoms with Gasteiger partial charge in [-0.3, -0.25) is 9.69 Å². The number of amides is 1. The van der Waals surface area contributed by atoms with Crippen LogP contribution in [0.1, 0.15) is 30.1 Å². The number of benzene rings is 2. The number of likely N-dealkylation sites (tertiary alicyclic amines) is 1. The molecule has 0 spiro atoms. The van der Waals surface area contributed by atoms with Gasteiger partial charge in [-0.1, -0.05) is 49.4 Å². The van der Waals surface area contributed by atoms with Gasteiger partial charge in [0, 0.05) is 18.2 Å². The SMILES string of the molecule is CCN1CCC[C@H]1CNC(=O)c1ccc(-c2ccccc2)cc1. The molecule has 1 aliphatic heterocycles. The zero-order chi connectivity index (χ0) is 16.1. The van der Waals surface area contributed by atoms with Gasteiger partial charge in [-0.15, -0.1) is 0 Å². The van der Waals surface area contributed by atoms with Crippen LogP contribution in [0.2, 0.25) is 0 Å². The maximum atomic E-state index is 12.3. The quantitative estimate of drug-likeness (QED) is 0.916. The highest BCUT2D eigenvalue weighted by Gasteiger charge is 2.23. The molecule has 1 N–H and O–H groups in total. The smallest absolute Gasteiger partial charge is 0.251 e. The highest BCUT2D eigenvalue weighted by Crippen LogP contribution is 2.19. The molecule has 2 aromatic rings. The van der Waals surface area contributed by atoms with E-state index in [1.165, 1.54) is 18.4 Å². The highest BCUT2D eigenvalue weighted by molar-refractivity contribution is 5.94. The maximum absolute atomic E-state index is 12.3. The Hall–Kier alpha value is -2.13. The molecule has 0 saturated carbocycles. The van der Waals surface area contributed by atoms with Crippen molar-refractivity contribution in [1.82, 2.24) is 10.2 Å². The molecular formula is C20H24N2O. The number of carbonyl (C=O) groups excluding carboxylic acids is 1. The van der Waals surface area contributed by atoms with Gasteiger partial charge in [0.1, 0.15) is 0 Å². The van der Waals surface area contributed by atoms with Crippen LogP contribution in [0.4, 0.5) is 0 Å². The topological polar surface area (TPSA) is 32.3 Å². The Labute approximate surface area is 138 Å². The normalized spacial score (nSPS) is 18.0.